The van der Waals surface area contributed by atoms with Crippen molar-refractivity contribution in [3.63, 3.8) is 0 Å². The van der Waals surface area contributed by atoms with Gasteiger partial charge in [-0.1, -0.05) is 30.3 Å². The molecule has 0 atom stereocenters. The van der Waals surface area contributed by atoms with Crippen LogP contribution in [0, 0.1) is 0 Å². The molecule has 0 unspecified atom stereocenters. The Labute approximate surface area is 165 Å². The van der Waals surface area contributed by atoms with Gasteiger partial charge in [-0.2, -0.15) is 13.2 Å². The van der Waals surface area contributed by atoms with Gasteiger partial charge in [0, 0.05) is 24.6 Å². The number of benzene rings is 2. The number of nitrogens with zero attached hydrogens (tertiary/aromatic N) is 1. The third kappa shape index (κ3) is 7.11. The van der Waals surface area contributed by atoms with Crippen molar-refractivity contribution in [2.24, 2.45) is 0 Å². The average molecular weight is 409 g/mol. The zero-order valence-corrected chi connectivity index (χ0v) is 16.0. The Morgan fingerprint density at radius 1 is 1.11 bits per heavy atom. The van der Waals surface area contributed by atoms with Crippen LogP contribution in [0.25, 0.3) is 6.08 Å². The van der Waals surface area contributed by atoms with Crippen LogP contribution in [0.3, 0.4) is 0 Å². The quantitative estimate of drug-likeness (QED) is 0.379. The zero-order valence-electron chi connectivity index (χ0n) is 15.2. The normalized spacial score (nSPS) is 11.5. The monoisotopic (exact) mass is 409 g/mol. The number of alkyl halides is 3. The van der Waals surface area contributed by atoms with Crippen LogP contribution in [0.2, 0.25) is 0 Å². The summed E-state index contributed by atoms with van der Waals surface area (Å²) in [4.78, 5) is 25.3. The van der Waals surface area contributed by atoms with E-state index in [0.717, 1.165) is 0 Å². The van der Waals surface area contributed by atoms with Gasteiger partial charge in [0.15, 0.2) is 12.4 Å². The highest BCUT2D eigenvalue weighted by molar-refractivity contribution is 8.00. The number of ether oxygens (including phenoxy) is 1. The van der Waals surface area contributed by atoms with Crippen molar-refractivity contribution in [3.8, 4) is 5.75 Å². The van der Waals surface area contributed by atoms with E-state index in [1.54, 1.807) is 32.3 Å². The lowest BCUT2D eigenvalue weighted by Crippen LogP contribution is -2.27. The molecule has 1 amide bonds. The summed E-state index contributed by atoms with van der Waals surface area (Å²) in [5.41, 5.74) is -3.36. The summed E-state index contributed by atoms with van der Waals surface area (Å²) in [6, 6.07) is 12.1. The van der Waals surface area contributed by atoms with E-state index in [2.05, 4.69) is 0 Å². The summed E-state index contributed by atoms with van der Waals surface area (Å²) >= 11 is -0.191. The van der Waals surface area contributed by atoms with Crippen LogP contribution in [0.15, 0.2) is 59.5 Å². The topological polar surface area (TPSA) is 46.6 Å². The molecule has 0 aliphatic rings. The smallest absolute Gasteiger partial charge is 0.446 e. The summed E-state index contributed by atoms with van der Waals surface area (Å²) in [7, 11) is 3.23. The molecule has 2 rings (SSSR count). The van der Waals surface area contributed by atoms with E-state index >= 15 is 0 Å². The number of rotatable bonds is 7. The largest absolute Gasteiger partial charge is 0.484 e. The van der Waals surface area contributed by atoms with Gasteiger partial charge in [0.1, 0.15) is 5.75 Å². The summed E-state index contributed by atoms with van der Waals surface area (Å²) in [6.45, 7) is -0.136. The van der Waals surface area contributed by atoms with Gasteiger partial charge in [-0.05, 0) is 47.7 Å². The Morgan fingerprint density at radius 2 is 1.79 bits per heavy atom. The molecule has 0 heterocycles. The molecule has 0 bridgehead atoms. The number of halogens is 3. The van der Waals surface area contributed by atoms with Gasteiger partial charge in [0.2, 0.25) is 0 Å². The molecule has 0 saturated carbocycles. The van der Waals surface area contributed by atoms with E-state index < -0.39 is 5.51 Å². The van der Waals surface area contributed by atoms with Gasteiger partial charge in [-0.25, -0.2) is 0 Å². The molecular weight excluding hydrogens is 391 g/mol. The highest BCUT2D eigenvalue weighted by atomic mass is 32.2. The standard InChI is InChI=1S/C20H18F3NO3S/c1-24(2)19(26)13-27-16-5-3-4-15(12-16)18(25)11-8-14-6-9-17(10-7-14)28-20(21,22)23/h3-12H,13H2,1-2H3/b11-8+. The molecule has 148 valence electrons. The predicted molar refractivity (Wildman–Crippen MR) is 102 cm³/mol. The Kier molecular flexibility index (Phi) is 7.28. The fourth-order valence-electron chi connectivity index (χ4n) is 2.06. The van der Waals surface area contributed by atoms with Gasteiger partial charge >= 0.3 is 5.51 Å². The Hall–Kier alpha value is -2.74. The van der Waals surface area contributed by atoms with Crippen molar-refractivity contribution in [1.82, 2.24) is 4.90 Å². The van der Waals surface area contributed by atoms with Gasteiger partial charge in [0.25, 0.3) is 5.91 Å². The highest BCUT2D eigenvalue weighted by Gasteiger charge is 2.28. The van der Waals surface area contributed by atoms with Gasteiger partial charge < -0.3 is 9.64 Å². The van der Waals surface area contributed by atoms with E-state index in [1.165, 1.54) is 47.4 Å². The van der Waals surface area contributed by atoms with Crippen LogP contribution in [0.5, 0.6) is 5.75 Å². The van der Waals surface area contributed by atoms with Gasteiger partial charge in [0.05, 0.1) is 0 Å². The highest BCUT2D eigenvalue weighted by Crippen LogP contribution is 2.36. The molecule has 2 aromatic carbocycles. The lowest BCUT2D eigenvalue weighted by molar-refractivity contribution is -0.130. The molecule has 0 aromatic heterocycles. The second-order valence-corrected chi connectivity index (χ2v) is 7.06. The van der Waals surface area contributed by atoms with Crippen LogP contribution in [-0.2, 0) is 4.79 Å². The van der Waals surface area contributed by atoms with E-state index in [-0.39, 0.29) is 35.0 Å². The lowest BCUT2D eigenvalue weighted by atomic mass is 10.1. The number of ketones is 1. The first-order valence-corrected chi connectivity index (χ1v) is 8.97. The molecule has 0 aliphatic carbocycles. The SMILES string of the molecule is CN(C)C(=O)COc1cccc(C(=O)/C=C/c2ccc(SC(F)(F)F)cc2)c1. The summed E-state index contributed by atoms with van der Waals surface area (Å²) in [6.07, 6.45) is 2.85. The van der Waals surface area contributed by atoms with Crippen LogP contribution in [0.4, 0.5) is 13.2 Å². The van der Waals surface area contributed by atoms with Crippen molar-refractivity contribution in [1.29, 1.82) is 0 Å². The second-order valence-electron chi connectivity index (χ2n) is 5.92. The molecule has 0 radical (unpaired) electrons. The Bertz CT molecular complexity index is 862. The second kappa shape index (κ2) is 9.45. The summed E-state index contributed by atoms with van der Waals surface area (Å²) in [5, 5.41) is 0. The Balaban J connectivity index is 2.00. The molecule has 28 heavy (non-hydrogen) atoms. The van der Waals surface area contributed by atoms with Crippen molar-refractivity contribution in [3.05, 3.63) is 65.7 Å². The number of likely N-dealkylation sites (N-methyl/N-ethyl adjacent to an activating group) is 1. The third-order valence-electron chi connectivity index (χ3n) is 3.52. The third-order valence-corrected chi connectivity index (χ3v) is 4.26. The minimum Gasteiger partial charge on any atom is -0.484 e. The molecule has 8 heteroatoms. The van der Waals surface area contributed by atoms with Crippen LogP contribution >= 0.6 is 11.8 Å². The number of carbonyl (C=O) groups excluding carboxylic acids is 2. The fraction of sp³-hybridized carbons (Fsp3) is 0.200. The fourth-order valence-corrected chi connectivity index (χ4v) is 2.60. The maximum atomic E-state index is 12.3. The summed E-state index contributed by atoms with van der Waals surface area (Å²) < 4.78 is 42.4. The van der Waals surface area contributed by atoms with Crippen LogP contribution in [-0.4, -0.2) is 42.8 Å². The molecule has 2 aromatic rings. The number of carbonyl (C=O) groups is 2. The predicted octanol–water partition coefficient (Wildman–Crippen LogP) is 4.66. The first-order chi connectivity index (χ1) is 13.1. The molecule has 0 spiro atoms. The van der Waals surface area contributed by atoms with E-state index in [9.17, 15) is 22.8 Å². The maximum Gasteiger partial charge on any atom is 0.446 e. The van der Waals surface area contributed by atoms with E-state index in [4.69, 9.17) is 4.74 Å². The Morgan fingerprint density at radius 3 is 2.39 bits per heavy atom. The van der Waals surface area contributed by atoms with Crippen LogP contribution in [0.1, 0.15) is 15.9 Å². The zero-order chi connectivity index (χ0) is 20.7. The first kappa shape index (κ1) is 21.6. The van der Waals surface area contributed by atoms with E-state index in [0.29, 0.717) is 16.9 Å². The van der Waals surface area contributed by atoms with Crippen LogP contribution < -0.4 is 4.74 Å². The maximum absolute atomic E-state index is 12.3. The van der Waals surface area contributed by atoms with Crippen molar-refractivity contribution in [2.75, 3.05) is 20.7 Å². The molecule has 0 N–H and O–H groups in total. The number of hydrogen-bond acceptors (Lipinski definition) is 4. The first-order valence-electron chi connectivity index (χ1n) is 8.15. The minimum atomic E-state index is -4.34. The molecule has 0 fully saturated rings. The van der Waals surface area contributed by atoms with Crippen molar-refractivity contribution < 1.29 is 27.5 Å². The molecular formula is C20H18F3NO3S. The number of thioether (sulfide) groups is 1. The number of hydrogen-bond donors (Lipinski definition) is 0. The summed E-state index contributed by atoms with van der Waals surface area (Å²) in [5.74, 6) is -0.107. The van der Waals surface area contributed by atoms with E-state index in [1.807, 2.05) is 0 Å². The number of allylic oxidation sites excluding steroid dienone is 1. The van der Waals surface area contributed by atoms with Crippen molar-refractivity contribution in [2.45, 2.75) is 10.4 Å². The molecule has 4 nitrogen and oxygen atoms in total. The molecule has 0 saturated heterocycles. The molecule has 0 aliphatic heterocycles. The van der Waals surface area contributed by atoms with Gasteiger partial charge in [-0.3, -0.25) is 9.59 Å². The average Bonchev–Trinajstić information content (AvgIpc) is 2.64. The van der Waals surface area contributed by atoms with Gasteiger partial charge in [-0.15, -0.1) is 0 Å². The lowest BCUT2D eigenvalue weighted by Gasteiger charge is -2.11. The number of amides is 1. The minimum absolute atomic E-state index is 0.0769. The van der Waals surface area contributed by atoms with Crippen molar-refractivity contribution >= 4 is 29.5 Å².